The summed E-state index contributed by atoms with van der Waals surface area (Å²) in [6.07, 6.45) is 1.83. The zero-order valence-corrected chi connectivity index (χ0v) is 14.3. The van der Waals surface area contributed by atoms with Gasteiger partial charge in [-0.2, -0.15) is 0 Å². The Morgan fingerprint density at radius 3 is 2.91 bits per heavy atom. The van der Waals surface area contributed by atoms with Crippen LogP contribution in [0.4, 0.5) is 5.69 Å². The van der Waals surface area contributed by atoms with Crippen LogP contribution in [-0.2, 0) is 16.1 Å². The third-order valence-corrected chi connectivity index (χ3v) is 4.44. The second kappa shape index (κ2) is 6.58. The summed E-state index contributed by atoms with van der Waals surface area (Å²) in [4.78, 5) is 28.1. The molecule has 6 heteroatoms. The van der Waals surface area contributed by atoms with E-state index in [1.54, 1.807) is 29.2 Å². The number of amides is 2. The predicted molar refractivity (Wildman–Crippen MR) is 89.8 cm³/mol. The lowest BCUT2D eigenvalue weighted by atomic mass is 10.1. The molecule has 1 fully saturated rings. The number of furan rings is 1. The number of hydrogen-bond donors (Lipinski definition) is 0. The number of halogens is 1. The van der Waals surface area contributed by atoms with Gasteiger partial charge < -0.3 is 14.2 Å². The average Bonchev–Trinajstić information content (AvgIpc) is 3.16. The number of hydrogen-bond acceptors (Lipinski definition) is 3. The maximum absolute atomic E-state index is 12.6. The summed E-state index contributed by atoms with van der Waals surface area (Å²) < 4.78 is 6.17. The molecule has 1 unspecified atom stereocenters. The lowest BCUT2D eigenvalue weighted by molar-refractivity contribution is -0.135. The predicted octanol–water partition coefficient (Wildman–Crippen LogP) is 3.05. The minimum Gasteiger partial charge on any atom is -0.467 e. The smallest absolute Gasteiger partial charge is 0.228 e. The van der Waals surface area contributed by atoms with Crippen molar-refractivity contribution in [2.75, 3.05) is 18.5 Å². The largest absolute Gasteiger partial charge is 0.467 e. The SMILES string of the molecule is CN(Cc1ccco1)C(=O)C1CC(=O)N(c2cccc(Br)c2)C1. The van der Waals surface area contributed by atoms with E-state index in [0.717, 1.165) is 15.9 Å². The quantitative estimate of drug-likeness (QED) is 0.823. The van der Waals surface area contributed by atoms with Gasteiger partial charge >= 0.3 is 0 Å². The van der Waals surface area contributed by atoms with Gasteiger partial charge in [-0.1, -0.05) is 22.0 Å². The molecule has 1 aliphatic heterocycles. The Bertz CT molecular complexity index is 714. The van der Waals surface area contributed by atoms with Crippen molar-refractivity contribution in [3.63, 3.8) is 0 Å². The van der Waals surface area contributed by atoms with Gasteiger partial charge in [0.15, 0.2) is 0 Å². The fourth-order valence-corrected chi connectivity index (χ4v) is 3.18. The molecule has 0 bridgehead atoms. The highest BCUT2D eigenvalue weighted by molar-refractivity contribution is 9.10. The Morgan fingerprint density at radius 2 is 2.22 bits per heavy atom. The van der Waals surface area contributed by atoms with E-state index in [0.29, 0.717) is 13.1 Å². The van der Waals surface area contributed by atoms with E-state index < -0.39 is 0 Å². The Hall–Kier alpha value is -2.08. The topological polar surface area (TPSA) is 53.8 Å². The number of carbonyl (C=O) groups is 2. The lowest BCUT2D eigenvalue weighted by Crippen LogP contribution is -2.34. The maximum Gasteiger partial charge on any atom is 0.228 e. The maximum atomic E-state index is 12.6. The molecule has 2 heterocycles. The van der Waals surface area contributed by atoms with Gasteiger partial charge in [0.2, 0.25) is 11.8 Å². The normalized spacial score (nSPS) is 17.6. The first-order chi connectivity index (χ1) is 11.0. The summed E-state index contributed by atoms with van der Waals surface area (Å²) in [6, 6.07) is 11.2. The molecule has 120 valence electrons. The molecule has 2 aromatic rings. The van der Waals surface area contributed by atoms with E-state index in [2.05, 4.69) is 15.9 Å². The summed E-state index contributed by atoms with van der Waals surface area (Å²) in [6.45, 7) is 0.823. The van der Waals surface area contributed by atoms with Crippen LogP contribution in [0.2, 0.25) is 0 Å². The molecule has 1 aromatic heterocycles. The fourth-order valence-electron chi connectivity index (χ4n) is 2.79. The first kappa shape index (κ1) is 15.8. The van der Waals surface area contributed by atoms with Crippen LogP contribution < -0.4 is 4.90 Å². The van der Waals surface area contributed by atoms with Crippen LogP contribution in [0, 0.1) is 5.92 Å². The molecule has 1 atom stereocenters. The molecular formula is C17H17BrN2O3. The lowest BCUT2D eigenvalue weighted by Gasteiger charge is -2.20. The third kappa shape index (κ3) is 3.47. The molecule has 0 saturated carbocycles. The molecule has 5 nitrogen and oxygen atoms in total. The Balaban J connectivity index is 1.68. The average molecular weight is 377 g/mol. The van der Waals surface area contributed by atoms with Gasteiger partial charge in [-0.3, -0.25) is 9.59 Å². The molecule has 0 radical (unpaired) electrons. The van der Waals surface area contributed by atoms with Crippen LogP contribution in [0.25, 0.3) is 0 Å². The zero-order chi connectivity index (χ0) is 16.4. The number of benzene rings is 1. The van der Waals surface area contributed by atoms with E-state index in [4.69, 9.17) is 4.42 Å². The van der Waals surface area contributed by atoms with Crippen molar-refractivity contribution < 1.29 is 14.0 Å². The number of rotatable bonds is 4. The number of carbonyl (C=O) groups excluding carboxylic acids is 2. The molecule has 2 amide bonds. The van der Waals surface area contributed by atoms with Gasteiger partial charge in [0.1, 0.15) is 5.76 Å². The number of nitrogens with zero attached hydrogens (tertiary/aromatic N) is 2. The minimum atomic E-state index is -0.318. The van der Waals surface area contributed by atoms with Crippen LogP contribution in [0.3, 0.4) is 0 Å². The first-order valence-corrected chi connectivity index (χ1v) is 8.17. The number of anilines is 1. The summed E-state index contributed by atoms with van der Waals surface area (Å²) in [7, 11) is 1.73. The monoisotopic (exact) mass is 376 g/mol. The molecule has 23 heavy (non-hydrogen) atoms. The van der Waals surface area contributed by atoms with Crippen LogP contribution in [0.15, 0.2) is 51.6 Å². The summed E-state index contributed by atoms with van der Waals surface area (Å²) in [5, 5.41) is 0. The van der Waals surface area contributed by atoms with Gasteiger partial charge in [0, 0.05) is 30.2 Å². The first-order valence-electron chi connectivity index (χ1n) is 7.38. The van der Waals surface area contributed by atoms with Crippen molar-refractivity contribution in [2.24, 2.45) is 5.92 Å². The molecular weight excluding hydrogens is 360 g/mol. The van der Waals surface area contributed by atoms with E-state index in [-0.39, 0.29) is 24.2 Å². The van der Waals surface area contributed by atoms with Gasteiger partial charge in [0.25, 0.3) is 0 Å². The van der Waals surface area contributed by atoms with Gasteiger partial charge in [-0.25, -0.2) is 0 Å². The summed E-state index contributed by atoms with van der Waals surface area (Å²) in [5.41, 5.74) is 0.813. The summed E-state index contributed by atoms with van der Waals surface area (Å²) >= 11 is 3.41. The van der Waals surface area contributed by atoms with E-state index in [1.165, 1.54) is 0 Å². The van der Waals surface area contributed by atoms with Crippen LogP contribution >= 0.6 is 15.9 Å². The molecule has 1 aromatic carbocycles. The van der Waals surface area contributed by atoms with Gasteiger partial charge in [-0.15, -0.1) is 0 Å². The van der Waals surface area contributed by atoms with Crippen LogP contribution in [0.1, 0.15) is 12.2 Å². The second-order valence-electron chi connectivity index (χ2n) is 5.66. The second-order valence-corrected chi connectivity index (χ2v) is 6.57. The Kier molecular flexibility index (Phi) is 4.52. The molecule has 1 saturated heterocycles. The summed E-state index contributed by atoms with van der Waals surface area (Å²) in [5.74, 6) is 0.357. The molecule has 0 aliphatic carbocycles. The highest BCUT2D eigenvalue weighted by atomic mass is 79.9. The van der Waals surface area contributed by atoms with Crippen molar-refractivity contribution in [3.8, 4) is 0 Å². The highest BCUT2D eigenvalue weighted by Gasteiger charge is 2.36. The van der Waals surface area contributed by atoms with Gasteiger partial charge in [-0.05, 0) is 30.3 Å². The third-order valence-electron chi connectivity index (χ3n) is 3.94. The highest BCUT2D eigenvalue weighted by Crippen LogP contribution is 2.28. The fraction of sp³-hybridized carbons (Fsp3) is 0.294. The van der Waals surface area contributed by atoms with Gasteiger partial charge in [0.05, 0.1) is 18.7 Å². The zero-order valence-electron chi connectivity index (χ0n) is 12.7. The standard InChI is InChI=1S/C17H17BrN2O3/c1-19(11-15-6-3-7-23-15)17(22)12-8-16(21)20(10-12)14-5-2-4-13(18)9-14/h2-7,9,12H,8,10-11H2,1H3. The molecule has 3 rings (SSSR count). The van der Waals surface area contributed by atoms with Crippen molar-refractivity contribution in [1.82, 2.24) is 4.90 Å². The minimum absolute atomic E-state index is 0.0205. The van der Waals surface area contributed by atoms with Crippen molar-refractivity contribution in [1.29, 1.82) is 0 Å². The van der Waals surface area contributed by atoms with Crippen molar-refractivity contribution in [3.05, 3.63) is 52.9 Å². The molecule has 0 spiro atoms. The van der Waals surface area contributed by atoms with Crippen molar-refractivity contribution >= 4 is 33.4 Å². The van der Waals surface area contributed by atoms with Crippen LogP contribution in [0.5, 0.6) is 0 Å². The van der Waals surface area contributed by atoms with E-state index in [1.807, 2.05) is 30.3 Å². The molecule has 1 aliphatic rings. The Labute approximate surface area is 143 Å². The van der Waals surface area contributed by atoms with Crippen LogP contribution in [-0.4, -0.2) is 30.3 Å². The Morgan fingerprint density at radius 1 is 1.39 bits per heavy atom. The molecule has 0 N–H and O–H groups in total. The van der Waals surface area contributed by atoms with E-state index >= 15 is 0 Å². The van der Waals surface area contributed by atoms with E-state index in [9.17, 15) is 9.59 Å². The van der Waals surface area contributed by atoms with Crippen molar-refractivity contribution in [2.45, 2.75) is 13.0 Å².